The molecule has 0 spiro atoms. The molecule has 0 saturated carbocycles. The van der Waals surface area contributed by atoms with E-state index in [2.05, 4.69) is 5.43 Å². The number of nitrogens with two attached hydrogens (primary N) is 1. The molecular formula is C15H15F3N2. The van der Waals surface area contributed by atoms with Gasteiger partial charge >= 0.3 is 0 Å². The van der Waals surface area contributed by atoms with Gasteiger partial charge in [-0.3, -0.25) is 11.3 Å². The van der Waals surface area contributed by atoms with Gasteiger partial charge in [-0.05, 0) is 48.2 Å². The van der Waals surface area contributed by atoms with Crippen LogP contribution in [0.3, 0.4) is 0 Å². The number of hydrogen-bond donors (Lipinski definition) is 2. The van der Waals surface area contributed by atoms with E-state index in [-0.39, 0.29) is 23.8 Å². The molecule has 0 aromatic heterocycles. The Balaban J connectivity index is 2.13. The zero-order valence-electron chi connectivity index (χ0n) is 10.7. The number of hydrazine groups is 1. The predicted molar refractivity (Wildman–Crippen MR) is 71.3 cm³/mol. The second kappa shape index (κ2) is 6.54. The number of halogens is 3. The fraction of sp³-hybridized carbons (Fsp3) is 0.200. The van der Waals surface area contributed by atoms with E-state index in [9.17, 15) is 13.2 Å². The summed E-state index contributed by atoms with van der Waals surface area (Å²) in [5.74, 6) is 4.07. The number of benzene rings is 2. The lowest BCUT2D eigenvalue weighted by molar-refractivity contribution is 0.491. The largest absolute Gasteiger partial charge is 0.271 e. The molecule has 0 aliphatic heterocycles. The van der Waals surface area contributed by atoms with Gasteiger partial charge in [0.2, 0.25) is 0 Å². The lowest BCUT2D eigenvalue weighted by atomic mass is 9.99. The first-order valence-electron chi connectivity index (χ1n) is 6.23. The molecule has 0 heterocycles. The molecule has 0 saturated heterocycles. The van der Waals surface area contributed by atoms with Crippen LogP contribution in [0.2, 0.25) is 0 Å². The van der Waals surface area contributed by atoms with Crippen molar-refractivity contribution in [1.29, 1.82) is 0 Å². The summed E-state index contributed by atoms with van der Waals surface area (Å²) in [6, 6.07) is 9.17. The smallest absolute Gasteiger partial charge is 0.126 e. The zero-order chi connectivity index (χ0) is 14.5. The minimum absolute atomic E-state index is 0.175. The second-order valence-corrected chi connectivity index (χ2v) is 4.60. The van der Waals surface area contributed by atoms with Crippen molar-refractivity contribution in [3.05, 3.63) is 71.0 Å². The van der Waals surface area contributed by atoms with Crippen LogP contribution in [0, 0.1) is 17.5 Å². The quantitative estimate of drug-likeness (QED) is 0.653. The van der Waals surface area contributed by atoms with Crippen molar-refractivity contribution >= 4 is 0 Å². The summed E-state index contributed by atoms with van der Waals surface area (Å²) in [7, 11) is 0. The van der Waals surface area contributed by atoms with Crippen LogP contribution < -0.4 is 11.3 Å². The molecule has 2 rings (SSSR count). The lowest BCUT2D eigenvalue weighted by Gasteiger charge is -2.17. The molecule has 1 unspecified atom stereocenters. The van der Waals surface area contributed by atoms with E-state index in [0.717, 1.165) is 18.2 Å². The van der Waals surface area contributed by atoms with E-state index in [4.69, 9.17) is 5.84 Å². The fourth-order valence-electron chi connectivity index (χ4n) is 2.08. The highest BCUT2D eigenvalue weighted by atomic mass is 19.1. The maximum absolute atomic E-state index is 13.6. The summed E-state index contributed by atoms with van der Waals surface area (Å²) in [4.78, 5) is 0. The highest BCUT2D eigenvalue weighted by molar-refractivity contribution is 5.22. The normalized spacial score (nSPS) is 12.4. The van der Waals surface area contributed by atoms with Gasteiger partial charge in [0.15, 0.2) is 0 Å². The van der Waals surface area contributed by atoms with Gasteiger partial charge in [0.1, 0.15) is 17.5 Å². The minimum Gasteiger partial charge on any atom is -0.271 e. The molecule has 0 bridgehead atoms. The molecule has 106 valence electrons. The summed E-state index contributed by atoms with van der Waals surface area (Å²) in [6.45, 7) is 0. The third kappa shape index (κ3) is 3.59. The molecule has 0 fully saturated rings. The van der Waals surface area contributed by atoms with Gasteiger partial charge in [0.05, 0.1) is 0 Å². The number of rotatable bonds is 5. The molecule has 0 radical (unpaired) electrons. The fourth-order valence-corrected chi connectivity index (χ4v) is 2.08. The molecule has 1 atom stereocenters. The summed E-state index contributed by atoms with van der Waals surface area (Å²) in [5.41, 5.74) is 3.21. The van der Waals surface area contributed by atoms with Crippen LogP contribution in [0.4, 0.5) is 13.2 Å². The second-order valence-electron chi connectivity index (χ2n) is 4.60. The van der Waals surface area contributed by atoms with Gasteiger partial charge in [-0.25, -0.2) is 13.2 Å². The average Bonchev–Trinajstić information content (AvgIpc) is 2.44. The van der Waals surface area contributed by atoms with Crippen molar-refractivity contribution in [3.8, 4) is 0 Å². The molecule has 2 aromatic rings. The van der Waals surface area contributed by atoms with Crippen molar-refractivity contribution < 1.29 is 13.2 Å². The molecule has 0 amide bonds. The maximum atomic E-state index is 13.6. The van der Waals surface area contributed by atoms with Crippen molar-refractivity contribution in [1.82, 2.24) is 5.43 Å². The van der Waals surface area contributed by atoms with Gasteiger partial charge in [0.25, 0.3) is 0 Å². The van der Waals surface area contributed by atoms with Gasteiger partial charge < -0.3 is 0 Å². The molecule has 2 aromatic carbocycles. The Bertz CT molecular complexity index is 587. The zero-order valence-corrected chi connectivity index (χ0v) is 10.7. The molecule has 0 aliphatic carbocycles. The Hall–Kier alpha value is -1.85. The molecule has 3 N–H and O–H groups in total. The van der Waals surface area contributed by atoms with Crippen LogP contribution in [-0.4, -0.2) is 6.04 Å². The van der Waals surface area contributed by atoms with E-state index >= 15 is 0 Å². The Morgan fingerprint density at radius 1 is 0.900 bits per heavy atom. The van der Waals surface area contributed by atoms with Crippen LogP contribution in [0.1, 0.15) is 11.1 Å². The third-order valence-electron chi connectivity index (χ3n) is 3.13. The van der Waals surface area contributed by atoms with Crippen LogP contribution in [-0.2, 0) is 12.8 Å². The Labute approximate surface area is 115 Å². The minimum atomic E-state index is -0.511. The predicted octanol–water partition coefficient (Wildman–Crippen LogP) is 2.72. The summed E-state index contributed by atoms with van der Waals surface area (Å²) >= 11 is 0. The maximum Gasteiger partial charge on any atom is 0.126 e. The Morgan fingerprint density at radius 3 is 2.25 bits per heavy atom. The molecular weight excluding hydrogens is 265 g/mol. The van der Waals surface area contributed by atoms with Crippen molar-refractivity contribution in [2.75, 3.05) is 0 Å². The molecule has 20 heavy (non-hydrogen) atoms. The van der Waals surface area contributed by atoms with E-state index in [1.54, 1.807) is 18.2 Å². The SMILES string of the molecule is NNC(Cc1ccccc1F)Cc1cc(F)ccc1F. The first kappa shape index (κ1) is 14.6. The first-order valence-corrected chi connectivity index (χ1v) is 6.23. The summed E-state index contributed by atoms with van der Waals surface area (Å²) in [6.07, 6.45) is 0.466. The lowest BCUT2D eigenvalue weighted by Crippen LogP contribution is -2.38. The summed E-state index contributed by atoms with van der Waals surface area (Å²) in [5, 5.41) is 0. The van der Waals surface area contributed by atoms with E-state index in [1.807, 2.05) is 0 Å². The standard InChI is InChI=1S/C15H15F3N2/c16-12-5-6-15(18)11(7-12)9-13(20-19)8-10-3-1-2-4-14(10)17/h1-7,13,20H,8-9,19H2. The van der Waals surface area contributed by atoms with Crippen LogP contribution in [0.5, 0.6) is 0 Å². The van der Waals surface area contributed by atoms with Crippen molar-refractivity contribution in [2.24, 2.45) is 5.84 Å². The van der Waals surface area contributed by atoms with Gasteiger partial charge in [-0.1, -0.05) is 18.2 Å². The third-order valence-corrected chi connectivity index (χ3v) is 3.13. The van der Waals surface area contributed by atoms with Gasteiger partial charge in [0, 0.05) is 6.04 Å². The Kier molecular flexibility index (Phi) is 4.76. The first-order chi connectivity index (χ1) is 9.60. The van der Waals surface area contributed by atoms with Gasteiger partial charge in [-0.15, -0.1) is 0 Å². The Morgan fingerprint density at radius 2 is 1.55 bits per heavy atom. The monoisotopic (exact) mass is 280 g/mol. The van der Waals surface area contributed by atoms with Crippen LogP contribution in [0.15, 0.2) is 42.5 Å². The van der Waals surface area contributed by atoms with E-state index < -0.39 is 11.6 Å². The van der Waals surface area contributed by atoms with Crippen molar-refractivity contribution in [3.63, 3.8) is 0 Å². The number of hydrogen-bond acceptors (Lipinski definition) is 2. The highest BCUT2D eigenvalue weighted by Gasteiger charge is 2.14. The highest BCUT2D eigenvalue weighted by Crippen LogP contribution is 2.15. The van der Waals surface area contributed by atoms with Crippen molar-refractivity contribution in [2.45, 2.75) is 18.9 Å². The van der Waals surface area contributed by atoms with Crippen LogP contribution >= 0.6 is 0 Å². The van der Waals surface area contributed by atoms with Gasteiger partial charge in [-0.2, -0.15) is 0 Å². The average molecular weight is 280 g/mol. The molecule has 0 aliphatic rings. The van der Waals surface area contributed by atoms with Crippen LogP contribution in [0.25, 0.3) is 0 Å². The van der Waals surface area contributed by atoms with E-state index in [1.165, 1.54) is 6.07 Å². The van der Waals surface area contributed by atoms with E-state index in [0.29, 0.717) is 12.0 Å². The molecule has 5 heteroatoms. The summed E-state index contributed by atoms with van der Waals surface area (Å²) < 4.78 is 40.3. The molecule has 2 nitrogen and oxygen atoms in total. The number of nitrogens with one attached hydrogen (secondary N) is 1. The topological polar surface area (TPSA) is 38.0 Å².